The molecule has 2 N–H and O–H groups in total. The number of para-hydroxylation sites is 1. The van der Waals surface area contributed by atoms with Crippen LogP contribution in [0.3, 0.4) is 0 Å². The Labute approximate surface area is 164 Å². The lowest BCUT2D eigenvalue weighted by molar-refractivity contribution is -0.144. The molecule has 0 radical (unpaired) electrons. The molecule has 6 nitrogen and oxygen atoms in total. The lowest BCUT2D eigenvalue weighted by atomic mass is 9.65. The minimum absolute atomic E-state index is 0.125. The smallest absolute Gasteiger partial charge is 0.325 e. The molecule has 2 fully saturated rings. The Bertz CT molecular complexity index is 947. The summed E-state index contributed by atoms with van der Waals surface area (Å²) in [6, 6.07) is 6.95. The zero-order valence-electron chi connectivity index (χ0n) is 16.7. The SMILES string of the molecule is CC1(C)C[C@H]2C[C@@](C)(CN2[C@@H](C(=O)O)c2cn(CC(=O)O)c3ccccc23)C1. The molecule has 1 aliphatic carbocycles. The molecule has 2 heterocycles. The predicted octanol–water partition coefficient (Wildman–Crippen LogP) is 3.75. The Morgan fingerprint density at radius 3 is 2.57 bits per heavy atom. The fraction of sp³-hybridized carbons (Fsp3) is 0.545. The van der Waals surface area contributed by atoms with E-state index in [-0.39, 0.29) is 23.4 Å². The van der Waals surface area contributed by atoms with Crippen molar-refractivity contribution in [3.8, 4) is 0 Å². The Morgan fingerprint density at radius 1 is 1.18 bits per heavy atom. The molecule has 28 heavy (non-hydrogen) atoms. The van der Waals surface area contributed by atoms with Gasteiger partial charge in [0.05, 0.1) is 0 Å². The van der Waals surface area contributed by atoms with Crippen LogP contribution in [-0.2, 0) is 16.1 Å². The number of hydrogen-bond donors (Lipinski definition) is 2. The highest BCUT2D eigenvalue weighted by atomic mass is 16.4. The molecule has 1 aliphatic heterocycles. The summed E-state index contributed by atoms with van der Waals surface area (Å²) >= 11 is 0. The first kappa shape index (κ1) is 19.0. The maximum atomic E-state index is 12.4. The highest BCUT2D eigenvalue weighted by molar-refractivity contribution is 5.90. The summed E-state index contributed by atoms with van der Waals surface area (Å²) in [7, 11) is 0. The Morgan fingerprint density at radius 2 is 1.89 bits per heavy atom. The van der Waals surface area contributed by atoms with E-state index in [1.807, 2.05) is 24.3 Å². The first-order valence-corrected chi connectivity index (χ1v) is 9.87. The summed E-state index contributed by atoms with van der Waals surface area (Å²) in [6.07, 6.45) is 4.83. The fourth-order valence-corrected chi connectivity index (χ4v) is 6.03. The number of carboxylic acid groups (broad SMARTS) is 2. The van der Waals surface area contributed by atoms with Crippen LogP contribution in [0.5, 0.6) is 0 Å². The molecule has 1 aromatic carbocycles. The van der Waals surface area contributed by atoms with Crippen LogP contribution in [0.1, 0.15) is 51.6 Å². The third kappa shape index (κ3) is 3.20. The molecule has 2 aromatic rings. The third-order valence-electron chi connectivity index (χ3n) is 6.44. The molecular formula is C22H28N2O4. The number of benzene rings is 1. The Kier molecular flexibility index (Phi) is 4.30. The van der Waals surface area contributed by atoms with E-state index < -0.39 is 18.0 Å². The van der Waals surface area contributed by atoms with Gasteiger partial charge in [0, 0.05) is 35.2 Å². The van der Waals surface area contributed by atoms with Crippen LogP contribution >= 0.6 is 0 Å². The second kappa shape index (κ2) is 6.34. The highest BCUT2D eigenvalue weighted by Gasteiger charge is 2.52. The normalized spacial score (nSPS) is 27.8. The first-order chi connectivity index (χ1) is 13.1. The maximum absolute atomic E-state index is 12.4. The summed E-state index contributed by atoms with van der Waals surface area (Å²) in [5.41, 5.74) is 1.78. The number of fused-ring (bicyclic) bond motifs is 3. The third-order valence-corrected chi connectivity index (χ3v) is 6.44. The molecular weight excluding hydrogens is 356 g/mol. The van der Waals surface area contributed by atoms with Crippen LogP contribution in [0.15, 0.2) is 30.5 Å². The van der Waals surface area contributed by atoms with E-state index in [1.54, 1.807) is 10.8 Å². The molecule has 2 bridgehead atoms. The molecule has 150 valence electrons. The van der Waals surface area contributed by atoms with Gasteiger partial charge >= 0.3 is 11.9 Å². The predicted molar refractivity (Wildman–Crippen MR) is 106 cm³/mol. The van der Waals surface area contributed by atoms with Crippen molar-refractivity contribution in [2.45, 2.75) is 58.7 Å². The zero-order chi connectivity index (χ0) is 20.3. The summed E-state index contributed by atoms with van der Waals surface area (Å²) < 4.78 is 1.65. The minimum Gasteiger partial charge on any atom is -0.480 e. The molecule has 1 saturated heterocycles. The van der Waals surface area contributed by atoms with Gasteiger partial charge in [-0.2, -0.15) is 0 Å². The molecule has 1 aromatic heterocycles. The van der Waals surface area contributed by atoms with E-state index in [2.05, 4.69) is 25.7 Å². The van der Waals surface area contributed by atoms with Crippen LogP contribution < -0.4 is 0 Å². The highest BCUT2D eigenvalue weighted by Crippen LogP contribution is 2.54. The molecule has 1 saturated carbocycles. The molecule has 3 atom stereocenters. The standard InChI is InChI=1S/C22H28N2O4/c1-21(2)8-14-9-22(3,12-21)13-24(14)19(20(27)28)16-10-23(11-18(25)26)17-7-5-4-6-15(16)17/h4-7,10,14,19H,8-9,11-13H2,1-3H3,(H,25,26)(H,27,28)/t14-,19+,22+/m0/s1. The van der Waals surface area contributed by atoms with E-state index in [0.717, 1.165) is 36.7 Å². The second-order valence-corrected chi connectivity index (χ2v) is 9.75. The summed E-state index contributed by atoms with van der Waals surface area (Å²) in [6.45, 7) is 7.40. The van der Waals surface area contributed by atoms with Crippen molar-refractivity contribution in [3.05, 3.63) is 36.0 Å². The number of nitrogens with zero attached hydrogens (tertiary/aromatic N) is 2. The fourth-order valence-electron chi connectivity index (χ4n) is 6.03. The summed E-state index contributed by atoms with van der Waals surface area (Å²) in [5, 5.41) is 20.3. The lowest BCUT2D eigenvalue weighted by Gasteiger charge is -2.40. The van der Waals surface area contributed by atoms with Crippen molar-refractivity contribution in [2.75, 3.05) is 6.54 Å². The number of aromatic nitrogens is 1. The van der Waals surface area contributed by atoms with Crippen molar-refractivity contribution in [1.29, 1.82) is 0 Å². The van der Waals surface area contributed by atoms with Gasteiger partial charge < -0.3 is 14.8 Å². The number of rotatable bonds is 5. The van der Waals surface area contributed by atoms with E-state index >= 15 is 0 Å². The quantitative estimate of drug-likeness (QED) is 0.820. The van der Waals surface area contributed by atoms with E-state index in [0.29, 0.717) is 5.56 Å². The lowest BCUT2D eigenvalue weighted by Crippen LogP contribution is -2.39. The molecule has 0 amide bonds. The van der Waals surface area contributed by atoms with Gasteiger partial charge in [-0.25, -0.2) is 0 Å². The Hall–Kier alpha value is -2.34. The zero-order valence-corrected chi connectivity index (χ0v) is 16.7. The van der Waals surface area contributed by atoms with Gasteiger partial charge in [0.2, 0.25) is 0 Å². The maximum Gasteiger partial charge on any atom is 0.325 e. The van der Waals surface area contributed by atoms with Crippen LogP contribution in [-0.4, -0.2) is 44.2 Å². The number of aliphatic carboxylic acids is 2. The van der Waals surface area contributed by atoms with Crippen molar-refractivity contribution >= 4 is 22.8 Å². The van der Waals surface area contributed by atoms with Gasteiger partial charge in [-0.3, -0.25) is 14.5 Å². The average Bonchev–Trinajstić information content (AvgIpc) is 3.02. The van der Waals surface area contributed by atoms with Gasteiger partial charge in [0.1, 0.15) is 12.6 Å². The van der Waals surface area contributed by atoms with E-state index in [1.165, 1.54) is 0 Å². The summed E-state index contributed by atoms with van der Waals surface area (Å²) in [4.78, 5) is 25.9. The Balaban J connectivity index is 1.80. The monoisotopic (exact) mass is 384 g/mol. The van der Waals surface area contributed by atoms with E-state index in [9.17, 15) is 19.8 Å². The number of carbonyl (C=O) groups is 2. The van der Waals surface area contributed by atoms with Gasteiger partial charge in [0.25, 0.3) is 0 Å². The molecule has 6 heteroatoms. The van der Waals surface area contributed by atoms with Gasteiger partial charge in [0.15, 0.2) is 0 Å². The van der Waals surface area contributed by atoms with Crippen LogP contribution in [0.25, 0.3) is 10.9 Å². The molecule has 0 unspecified atom stereocenters. The molecule has 0 spiro atoms. The number of hydrogen-bond acceptors (Lipinski definition) is 3. The first-order valence-electron chi connectivity index (χ1n) is 9.87. The minimum atomic E-state index is -0.939. The van der Waals surface area contributed by atoms with Crippen molar-refractivity contribution in [1.82, 2.24) is 9.47 Å². The molecule has 2 aliphatic rings. The van der Waals surface area contributed by atoms with Crippen molar-refractivity contribution < 1.29 is 19.8 Å². The van der Waals surface area contributed by atoms with Crippen molar-refractivity contribution in [3.63, 3.8) is 0 Å². The second-order valence-electron chi connectivity index (χ2n) is 9.75. The molecule has 4 rings (SSSR count). The topological polar surface area (TPSA) is 82.8 Å². The number of carboxylic acids is 2. The average molecular weight is 384 g/mol. The number of likely N-dealkylation sites (tertiary alicyclic amines) is 1. The van der Waals surface area contributed by atoms with E-state index in [4.69, 9.17) is 0 Å². The van der Waals surface area contributed by atoms with Gasteiger partial charge in [-0.1, -0.05) is 39.0 Å². The van der Waals surface area contributed by atoms with Gasteiger partial charge in [-0.15, -0.1) is 0 Å². The largest absolute Gasteiger partial charge is 0.480 e. The van der Waals surface area contributed by atoms with Crippen molar-refractivity contribution in [2.24, 2.45) is 10.8 Å². The van der Waals surface area contributed by atoms with Crippen LogP contribution in [0.2, 0.25) is 0 Å². The summed E-state index contributed by atoms with van der Waals surface area (Å²) in [5.74, 6) is -1.81. The van der Waals surface area contributed by atoms with Crippen LogP contribution in [0.4, 0.5) is 0 Å². The van der Waals surface area contributed by atoms with Gasteiger partial charge in [-0.05, 0) is 36.2 Å². The van der Waals surface area contributed by atoms with Crippen LogP contribution in [0, 0.1) is 10.8 Å².